The number of piperidine rings is 1. The molecule has 0 bridgehead atoms. The Morgan fingerprint density at radius 1 is 1.27 bits per heavy atom. The molecule has 5 heterocycles. The second-order valence-corrected chi connectivity index (χ2v) is 8.13. The van der Waals surface area contributed by atoms with Gasteiger partial charge in [-0.3, -0.25) is 9.78 Å². The predicted octanol–water partition coefficient (Wildman–Crippen LogP) is 2.99. The summed E-state index contributed by atoms with van der Waals surface area (Å²) in [6.07, 6.45) is 9.13. The maximum absolute atomic E-state index is 14.6. The van der Waals surface area contributed by atoms with Crippen molar-refractivity contribution >= 4 is 17.1 Å². The maximum Gasteiger partial charge on any atom is 0.251 e. The fourth-order valence-electron chi connectivity index (χ4n) is 4.72. The first-order valence-electron chi connectivity index (χ1n) is 10.5. The van der Waals surface area contributed by atoms with Crippen molar-refractivity contribution in [1.82, 2.24) is 19.8 Å². The van der Waals surface area contributed by atoms with E-state index < -0.39 is 0 Å². The Hall–Kier alpha value is -2.77. The van der Waals surface area contributed by atoms with E-state index in [2.05, 4.69) is 21.3 Å². The highest BCUT2D eigenvalue weighted by molar-refractivity contribution is 5.80. The Bertz CT molecular complexity index is 1110. The Morgan fingerprint density at radius 2 is 2.13 bits per heavy atom. The van der Waals surface area contributed by atoms with Crippen LogP contribution in [0.2, 0.25) is 0 Å². The number of pyridine rings is 2. The zero-order valence-corrected chi connectivity index (χ0v) is 16.8. The highest BCUT2D eigenvalue weighted by Gasteiger charge is 2.31. The van der Waals surface area contributed by atoms with Gasteiger partial charge in [0.15, 0.2) is 0 Å². The van der Waals surface area contributed by atoms with Crippen LogP contribution in [0.3, 0.4) is 0 Å². The quantitative estimate of drug-likeness (QED) is 0.679. The van der Waals surface area contributed by atoms with Gasteiger partial charge in [-0.25, -0.2) is 4.39 Å². The zero-order chi connectivity index (χ0) is 20.5. The van der Waals surface area contributed by atoms with Crippen LogP contribution >= 0.6 is 0 Å². The molecule has 5 rings (SSSR count). The van der Waals surface area contributed by atoms with Gasteiger partial charge in [0, 0.05) is 43.2 Å². The van der Waals surface area contributed by atoms with Gasteiger partial charge in [0.2, 0.25) is 0 Å². The lowest BCUT2D eigenvalue weighted by Crippen LogP contribution is -2.44. The first kappa shape index (κ1) is 19.2. The molecule has 0 radical (unpaired) electrons. The number of rotatable bonds is 6. The third-order valence-corrected chi connectivity index (χ3v) is 6.22. The SMILES string of the molecule is O=c1ccc2ncc(F)c3c2n1C[C@H]3CN1CCC(NCC=Cc2ccco2)CC1. The molecule has 6 nitrogen and oxygen atoms in total. The van der Waals surface area contributed by atoms with Crippen molar-refractivity contribution in [3.8, 4) is 0 Å². The monoisotopic (exact) mass is 408 g/mol. The Morgan fingerprint density at radius 3 is 2.93 bits per heavy atom. The van der Waals surface area contributed by atoms with Crippen LogP contribution < -0.4 is 10.9 Å². The van der Waals surface area contributed by atoms with E-state index in [1.165, 1.54) is 12.3 Å². The van der Waals surface area contributed by atoms with Crippen molar-refractivity contribution in [2.75, 3.05) is 26.2 Å². The number of aromatic nitrogens is 2. The first-order valence-corrected chi connectivity index (χ1v) is 10.5. The predicted molar refractivity (Wildman–Crippen MR) is 114 cm³/mol. The van der Waals surface area contributed by atoms with E-state index in [9.17, 15) is 9.18 Å². The summed E-state index contributed by atoms with van der Waals surface area (Å²) >= 11 is 0. The molecule has 1 atom stereocenters. The van der Waals surface area contributed by atoms with Crippen molar-refractivity contribution in [2.24, 2.45) is 0 Å². The van der Waals surface area contributed by atoms with E-state index in [1.54, 1.807) is 16.9 Å². The van der Waals surface area contributed by atoms with Gasteiger partial charge in [-0.15, -0.1) is 0 Å². The summed E-state index contributed by atoms with van der Waals surface area (Å²) in [6.45, 7) is 4.05. The topological polar surface area (TPSA) is 63.3 Å². The number of halogens is 1. The minimum atomic E-state index is -0.302. The molecular formula is C23H25FN4O2. The van der Waals surface area contributed by atoms with Crippen LogP contribution in [0.4, 0.5) is 4.39 Å². The van der Waals surface area contributed by atoms with Gasteiger partial charge in [-0.2, -0.15) is 0 Å². The second kappa shape index (κ2) is 8.16. The number of nitrogens with one attached hydrogen (secondary N) is 1. The average Bonchev–Trinajstić information content (AvgIpc) is 3.40. The number of hydrogen-bond donors (Lipinski definition) is 1. The molecule has 0 aliphatic carbocycles. The highest BCUT2D eigenvalue weighted by atomic mass is 19.1. The Balaban J connectivity index is 1.17. The highest BCUT2D eigenvalue weighted by Crippen LogP contribution is 2.34. The molecular weight excluding hydrogens is 383 g/mol. The normalized spacial score (nSPS) is 20.0. The van der Waals surface area contributed by atoms with Crippen molar-refractivity contribution in [3.05, 3.63) is 70.3 Å². The standard InChI is InChI=1S/C23H25FN4O2/c24-19-13-26-20-5-6-21(29)28-15-16(22(19)23(20)28)14-27-10-7-17(8-11-27)25-9-1-3-18-4-2-12-30-18/h1-6,12-13,16-17,25H,7-11,14-15H2/t16-/m1/s1. The Kier molecular flexibility index (Phi) is 5.23. The van der Waals surface area contributed by atoms with E-state index in [4.69, 9.17) is 4.42 Å². The van der Waals surface area contributed by atoms with Crippen LogP contribution in [0.15, 0.2) is 52.0 Å². The summed E-state index contributed by atoms with van der Waals surface area (Å²) < 4.78 is 21.6. The summed E-state index contributed by atoms with van der Waals surface area (Å²) in [7, 11) is 0. The van der Waals surface area contributed by atoms with Crippen molar-refractivity contribution in [2.45, 2.75) is 31.3 Å². The lowest BCUT2D eigenvalue weighted by atomic mass is 9.98. The van der Waals surface area contributed by atoms with E-state index in [0.717, 1.165) is 44.8 Å². The molecule has 0 aromatic carbocycles. The van der Waals surface area contributed by atoms with Gasteiger partial charge in [-0.1, -0.05) is 6.08 Å². The van der Waals surface area contributed by atoms with Gasteiger partial charge in [0.05, 0.1) is 23.5 Å². The van der Waals surface area contributed by atoms with E-state index >= 15 is 0 Å². The molecule has 0 spiro atoms. The van der Waals surface area contributed by atoms with Crippen molar-refractivity contribution in [3.63, 3.8) is 0 Å². The third kappa shape index (κ3) is 3.70. The van der Waals surface area contributed by atoms with Gasteiger partial charge in [-0.05, 0) is 50.2 Å². The van der Waals surface area contributed by atoms with E-state index in [-0.39, 0.29) is 17.3 Å². The van der Waals surface area contributed by atoms with Crippen LogP contribution in [-0.2, 0) is 6.54 Å². The minimum Gasteiger partial charge on any atom is -0.465 e. The first-order chi connectivity index (χ1) is 14.7. The van der Waals surface area contributed by atoms with Gasteiger partial charge >= 0.3 is 0 Å². The summed E-state index contributed by atoms with van der Waals surface area (Å²) in [5.41, 5.74) is 1.94. The Labute approximate surface area is 174 Å². The molecule has 1 saturated heterocycles. The maximum atomic E-state index is 14.6. The van der Waals surface area contributed by atoms with Crippen molar-refractivity contribution in [1.29, 1.82) is 0 Å². The van der Waals surface area contributed by atoms with Gasteiger partial charge in [0.25, 0.3) is 5.56 Å². The number of furan rings is 1. The van der Waals surface area contributed by atoms with Crippen LogP contribution in [0, 0.1) is 5.82 Å². The molecule has 3 aromatic rings. The summed E-state index contributed by atoms with van der Waals surface area (Å²) in [5, 5.41) is 3.58. The second-order valence-electron chi connectivity index (χ2n) is 8.13. The molecule has 1 N–H and O–H groups in total. The molecule has 7 heteroatoms. The lowest BCUT2D eigenvalue weighted by Gasteiger charge is -2.34. The van der Waals surface area contributed by atoms with Crippen LogP contribution in [-0.4, -0.2) is 46.7 Å². The zero-order valence-electron chi connectivity index (χ0n) is 16.8. The molecule has 2 aliphatic heterocycles. The molecule has 3 aromatic heterocycles. The van der Waals surface area contributed by atoms with Gasteiger partial charge in [0.1, 0.15) is 11.6 Å². The molecule has 0 amide bonds. The lowest BCUT2D eigenvalue weighted by molar-refractivity contribution is 0.186. The molecule has 2 aliphatic rings. The largest absolute Gasteiger partial charge is 0.465 e. The van der Waals surface area contributed by atoms with Crippen LogP contribution in [0.5, 0.6) is 0 Å². The summed E-state index contributed by atoms with van der Waals surface area (Å²) in [4.78, 5) is 18.8. The molecule has 0 saturated carbocycles. The summed E-state index contributed by atoms with van der Waals surface area (Å²) in [6, 6.07) is 7.51. The van der Waals surface area contributed by atoms with E-state index in [0.29, 0.717) is 29.2 Å². The van der Waals surface area contributed by atoms with Crippen LogP contribution in [0.1, 0.15) is 30.1 Å². The molecule has 1 fully saturated rings. The minimum absolute atomic E-state index is 0.00802. The van der Waals surface area contributed by atoms with Crippen LogP contribution in [0.25, 0.3) is 17.1 Å². The van der Waals surface area contributed by atoms with E-state index in [1.807, 2.05) is 18.2 Å². The molecule has 30 heavy (non-hydrogen) atoms. The molecule has 156 valence electrons. The number of likely N-dealkylation sites (tertiary alicyclic amines) is 1. The fraction of sp³-hybridized carbons (Fsp3) is 0.391. The summed E-state index contributed by atoms with van der Waals surface area (Å²) in [5.74, 6) is 0.552. The average molecular weight is 408 g/mol. The molecule has 0 unspecified atom stereocenters. The number of nitrogens with zero attached hydrogens (tertiary/aromatic N) is 3. The fourth-order valence-corrected chi connectivity index (χ4v) is 4.72. The van der Waals surface area contributed by atoms with Crippen molar-refractivity contribution < 1.29 is 8.81 Å². The number of hydrogen-bond acceptors (Lipinski definition) is 5. The van der Waals surface area contributed by atoms with Gasteiger partial charge < -0.3 is 19.2 Å². The smallest absolute Gasteiger partial charge is 0.251 e. The third-order valence-electron chi connectivity index (χ3n) is 6.22.